The van der Waals surface area contributed by atoms with Crippen molar-refractivity contribution in [3.63, 3.8) is 0 Å². The molecule has 2 atom stereocenters. The molecule has 20 heavy (non-hydrogen) atoms. The highest BCUT2D eigenvalue weighted by Crippen LogP contribution is 2.42. The van der Waals surface area contributed by atoms with Crippen molar-refractivity contribution in [2.45, 2.75) is 45.8 Å². The maximum Gasteiger partial charge on any atom is 0.290 e. The van der Waals surface area contributed by atoms with Gasteiger partial charge in [0.2, 0.25) is 0 Å². The lowest BCUT2D eigenvalue weighted by Crippen LogP contribution is -2.31. The lowest BCUT2D eigenvalue weighted by atomic mass is 10.3. The minimum atomic E-state index is -3.22. The van der Waals surface area contributed by atoms with E-state index < -0.39 is 7.52 Å². The predicted molar refractivity (Wildman–Crippen MR) is 77.8 cm³/mol. The zero-order chi connectivity index (χ0) is 15.5. The van der Waals surface area contributed by atoms with Crippen molar-refractivity contribution in [3.05, 3.63) is 24.6 Å². The average molecular weight is 302 g/mol. The molecule has 1 heterocycles. The zero-order valence-corrected chi connectivity index (χ0v) is 13.4. The molecule has 7 heteroatoms. The fourth-order valence-corrected chi connectivity index (χ4v) is 3.15. The van der Waals surface area contributed by atoms with Gasteiger partial charge in [0.25, 0.3) is 13.4 Å². The number of amides is 1. The lowest BCUT2D eigenvalue weighted by molar-refractivity contribution is -0.145. The number of allylic oxidation sites excluding steroid dienone is 1. The summed E-state index contributed by atoms with van der Waals surface area (Å²) in [6.07, 6.45) is 0.846. The molecule has 0 aromatic rings. The van der Waals surface area contributed by atoms with Crippen LogP contribution in [0.15, 0.2) is 24.6 Å². The summed E-state index contributed by atoms with van der Waals surface area (Å²) in [5.41, 5.74) is 0.517. The van der Waals surface area contributed by atoms with Gasteiger partial charge in [-0.15, -0.1) is 0 Å². The predicted octanol–water partition coefficient (Wildman–Crippen LogP) is 2.79. The Morgan fingerprint density at radius 2 is 2.00 bits per heavy atom. The number of carbonyl (C=O) groups is 1. The van der Waals surface area contributed by atoms with Gasteiger partial charge in [-0.1, -0.05) is 13.2 Å². The summed E-state index contributed by atoms with van der Waals surface area (Å²) in [7, 11) is -3.22. The van der Waals surface area contributed by atoms with Crippen LogP contribution < -0.4 is 5.09 Å². The van der Waals surface area contributed by atoms with Crippen molar-refractivity contribution in [2.24, 2.45) is 0 Å². The van der Waals surface area contributed by atoms with Crippen LogP contribution in [-0.2, 0) is 18.7 Å². The Morgan fingerprint density at radius 3 is 2.45 bits per heavy atom. The third-order valence-electron chi connectivity index (χ3n) is 2.68. The van der Waals surface area contributed by atoms with E-state index in [1.165, 1.54) is 6.66 Å². The smallest absolute Gasteiger partial charge is 0.290 e. The molecular formula is C13H23N2O4P. The first kappa shape index (κ1) is 17.0. The van der Waals surface area contributed by atoms with Crippen LogP contribution in [0.3, 0.4) is 0 Å². The molecule has 0 saturated carbocycles. The van der Waals surface area contributed by atoms with Gasteiger partial charge in [-0.05, 0) is 27.2 Å². The fourth-order valence-electron chi connectivity index (χ4n) is 1.74. The molecule has 0 aromatic carbocycles. The number of carbonyl (C=O) groups excluding carboxylic acids is 1. The SMILES string of the molecule is C=C(OC(C)C)[C@H](C)N[P@@](C)(=O)ON1C(=C)CCC1=O. The third-order valence-corrected chi connectivity index (χ3v) is 4.01. The highest BCUT2D eigenvalue weighted by Gasteiger charge is 2.32. The van der Waals surface area contributed by atoms with Gasteiger partial charge in [-0.3, -0.25) is 9.36 Å². The Hall–Kier alpha value is -1.10. The van der Waals surface area contributed by atoms with E-state index in [1.54, 1.807) is 6.92 Å². The van der Waals surface area contributed by atoms with E-state index in [2.05, 4.69) is 18.2 Å². The van der Waals surface area contributed by atoms with Crippen molar-refractivity contribution in [1.29, 1.82) is 0 Å². The summed E-state index contributed by atoms with van der Waals surface area (Å²) in [4.78, 5) is 11.6. The summed E-state index contributed by atoms with van der Waals surface area (Å²) in [5, 5.41) is 3.82. The summed E-state index contributed by atoms with van der Waals surface area (Å²) in [5.74, 6) is 0.237. The molecule has 1 saturated heterocycles. The molecule has 0 aromatic heterocycles. The molecule has 114 valence electrons. The van der Waals surface area contributed by atoms with E-state index in [1.807, 2.05) is 13.8 Å². The fraction of sp³-hybridized carbons (Fsp3) is 0.615. The first-order valence-electron chi connectivity index (χ1n) is 6.53. The molecule has 1 fully saturated rings. The van der Waals surface area contributed by atoms with Gasteiger partial charge >= 0.3 is 0 Å². The van der Waals surface area contributed by atoms with E-state index in [4.69, 9.17) is 9.36 Å². The molecule has 0 spiro atoms. The minimum absolute atomic E-state index is 0.0103. The quantitative estimate of drug-likeness (QED) is 0.578. The van der Waals surface area contributed by atoms with Crippen molar-refractivity contribution < 1.29 is 18.7 Å². The number of nitrogens with one attached hydrogen (secondary N) is 1. The Kier molecular flexibility index (Phi) is 5.57. The van der Waals surface area contributed by atoms with E-state index >= 15 is 0 Å². The second-order valence-corrected chi connectivity index (χ2v) is 7.28. The van der Waals surface area contributed by atoms with Crippen molar-refractivity contribution in [1.82, 2.24) is 10.2 Å². The second-order valence-electron chi connectivity index (χ2n) is 5.17. The van der Waals surface area contributed by atoms with Crippen molar-refractivity contribution >= 4 is 13.4 Å². The van der Waals surface area contributed by atoms with E-state index in [0.717, 1.165) is 5.06 Å². The number of rotatable bonds is 7. The van der Waals surface area contributed by atoms with E-state index in [0.29, 0.717) is 24.3 Å². The molecule has 1 amide bonds. The Labute approximate surface area is 120 Å². The molecule has 1 aliphatic rings. The average Bonchev–Trinajstić information content (AvgIpc) is 2.58. The molecule has 0 aliphatic carbocycles. The Bertz CT molecular complexity index is 445. The Balaban J connectivity index is 2.61. The molecule has 0 unspecified atom stereocenters. The molecule has 1 aliphatic heterocycles. The van der Waals surface area contributed by atoms with Gasteiger partial charge in [0.05, 0.1) is 12.1 Å². The monoisotopic (exact) mass is 302 g/mol. The summed E-state index contributed by atoms with van der Waals surface area (Å²) in [6.45, 7) is 14.4. The summed E-state index contributed by atoms with van der Waals surface area (Å²) >= 11 is 0. The first-order chi connectivity index (χ1) is 9.12. The van der Waals surface area contributed by atoms with Crippen LogP contribution in [0, 0.1) is 0 Å². The Morgan fingerprint density at radius 1 is 1.40 bits per heavy atom. The van der Waals surface area contributed by atoms with Crippen LogP contribution in [-0.4, -0.2) is 29.8 Å². The van der Waals surface area contributed by atoms with Crippen LogP contribution in [0.4, 0.5) is 0 Å². The van der Waals surface area contributed by atoms with E-state index in [9.17, 15) is 9.36 Å². The van der Waals surface area contributed by atoms with Gasteiger partial charge in [0.1, 0.15) is 5.76 Å². The minimum Gasteiger partial charge on any atom is -0.494 e. The summed E-state index contributed by atoms with van der Waals surface area (Å²) < 4.78 is 23.1. The number of ether oxygens (including phenoxy) is 1. The number of hydrogen-bond acceptors (Lipinski definition) is 4. The maximum absolute atomic E-state index is 12.4. The molecule has 0 radical (unpaired) electrons. The molecule has 1 N–H and O–H groups in total. The van der Waals surface area contributed by atoms with Crippen molar-refractivity contribution in [2.75, 3.05) is 6.66 Å². The molecule has 0 bridgehead atoms. The normalized spacial score (nSPS) is 20.1. The largest absolute Gasteiger partial charge is 0.494 e. The van der Waals surface area contributed by atoms with Gasteiger partial charge in [-0.2, -0.15) is 9.69 Å². The molecular weight excluding hydrogens is 279 g/mol. The topological polar surface area (TPSA) is 67.9 Å². The highest BCUT2D eigenvalue weighted by atomic mass is 31.2. The second kappa shape index (κ2) is 6.57. The van der Waals surface area contributed by atoms with Crippen LogP contribution >= 0.6 is 7.52 Å². The highest BCUT2D eigenvalue weighted by molar-refractivity contribution is 7.56. The van der Waals surface area contributed by atoms with Gasteiger partial charge in [0, 0.05) is 18.8 Å². The number of nitrogens with zero attached hydrogens (tertiary/aromatic N) is 1. The van der Waals surface area contributed by atoms with Crippen LogP contribution in [0.5, 0.6) is 0 Å². The van der Waals surface area contributed by atoms with Gasteiger partial charge < -0.3 is 4.74 Å². The number of hydroxylamine groups is 2. The van der Waals surface area contributed by atoms with Crippen LogP contribution in [0.2, 0.25) is 0 Å². The van der Waals surface area contributed by atoms with E-state index in [-0.39, 0.29) is 18.1 Å². The van der Waals surface area contributed by atoms with Crippen molar-refractivity contribution in [3.8, 4) is 0 Å². The summed E-state index contributed by atoms with van der Waals surface area (Å²) in [6, 6.07) is -0.362. The van der Waals surface area contributed by atoms with Gasteiger partial charge in [0.15, 0.2) is 0 Å². The number of hydrogen-bond donors (Lipinski definition) is 1. The van der Waals surface area contributed by atoms with Crippen LogP contribution in [0.1, 0.15) is 33.6 Å². The molecule has 1 rings (SSSR count). The molecule has 6 nitrogen and oxygen atoms in total. The van der Waals surface area contributed by atoms with Crippen LogP contribution in [0.25, 0.3) is 0 Å². The first-order valence-corrected chi connectivity index (χ1v) is 8.61. The standard InChI is InChI=1S/C13H23N2O4P/c1-9(2)18-12(5)11(4)14-20(6,17)19-15-10(3)7-8-13(15)16/h9,11H,3,5,7-8H2,1-2,4,6H3,(H,14,17)/t11-,20-/m0/s1. The third kappa shape index (κ3) is 4.78. The maximum atomic E-state index is 12.4. The lowest BCUT2D eigenvalue weighted by Gasteiger charge is -2.26. The zero-order valence-electron chi connectivity index (χ0n) is 12.5. The van der Waals surface area contributed by atoms with Gasteiger partial charge in [-0.25, -0.2) is 5.09 Å².